The molecule has 1 unspecified atom stereocenters. The van der Waals surface area contributed by atoms with E-state index in [0.29, 0.717) is 0 Å². The molecule has 2 aliphatic heterocycles. The van der Waals surface area contributed by atoms with Crippen LogP contribution in [0.1, 0.15) is 12.8 Å². The van der Waals surface area contributed by atoms with Gasteiger partial charge in [0.15, 0.2) is 5.78 Å². The van der Waals surface area contributed by atoms with Crippen LogP contribution in [0.2, 0.25) is 0 Å². The fourth-order valence-electron chi connectivity index (χ4n) is 2.03. The Balaban J connectivity index is 0.000000980. The fraction of sp³-hybridized carbons (Fsp3) is 0.875. The van der Waals surface area contributed by atoms with Crippen molar-refractivity contribution in [1.82, 2.24) is 0 Å². The summed E-state index contributed by atoms with van der Waals surface area (Å²) in [4.78, 5) is 11.6. The molecular weight excluding hydrogens is 248 g/mol. The number of rotatable bonds is 1. The number of alkyl halides is 2. The summed E-state index contributed by atoms with van der Waals surface area (Å²) < 4.78 is 5.62. The first-order chi connectivity index (χ1) is 6.10. The lowest BCUT2D eigenvalue weighted by atomic mass is 9.93. The number of fused-ring (bicyclic) bond motifs is 2. The van der Waals surface area contributed by atoms with Crippen LogP contribution in [-0.4, -0.2) is 34.8 Å². The highest BCUT2D eigenvalue weighted by atomic mass is 35.5. The lowest BCUT2D eigenvalue weighted by molar-refractivity contribution is -0.136. The Hall–Kier alpha value is 0.460. The van der Waals surface area contributed by atoms with Gasteiger partial charge in [0.2, 0.25) is 0 Å². The molecule has 2 bridgehead atoms. The van der Waals surface area contributed by atoms with Gasteiger partial charge < -0.3 is 10.5 Å². The number of Topliss-reactive ketones (excluding diaryl/α,β-unsaturated/α-hetero) is 1. The molecule has 0 aliphatic carbocycles. The second-order valence-corrected chi connectivity index (χ2v) is 4.54. The molecule has 2 saturated heterocycles. The summed E-state index contributed by atoms with van der Waals surface area (Å²) in [5.41, 5.74) is 4.92. The van der Waals surface area contributed by atoms with E-state index in [2.05, 4.69) is 0 Å². The second-order valence-electron chi connectivity index (χ2n) is 3.63. The summed E-state index contributed by atoms with van der Waals surface area (Å²) in [6.45, 7) is 0.285. The van der Waals surface area contributed by atoms with Gasteiger partial charge in [0.25, 0.3) is 0 Å². The molecule has 2 aliphatic rings. The number of ether oxygens (including phenoxy) is 1. The maximum atomic E-state index is 11.6. The number of hydrogen-bond acceptors (Lipinski definition) is 3. The van der Waals surface area contributed by atoms with Crippen LogP contribution in [0.5, 0.6) is 0 Å². The van der Waals surface area contributed by atoms with Crippen molar-refractivity contribution in [2.75, 3.05) is 6.54 Å². The average Bonchev–Trinajstić information content (AvgIpc) is 2.55. The second kappa shape index (κ2) is 4.14. The lowest BCUT2D eigenvalue weighted by Crippen LogP contribution is -2.56. The third-order valence-electron chi connectivity index (χ3n) is 2.89. The molecule has 4 atom stereocenters. The standard InChI is InChI=1S/C8H11Cl2NO2.ClH/c9-5-4-1-2-8(3-11,13-4)7(10)6(5)12;/h4-5,7H,1-3,11H2;1H/t4-,5+,7+,8?;/m0./s1. The highest BCUT2D eigenvalue weighted by Gasteiger charge is 2.56. The molecule has 6 heteroatoms. The van der Waals surface area contributed by atoms with Gasteiger partial charge in [-0.15, -0.1) is 35.6 Å². The van der Waals surface area contributed by atoms with Crippen molar-refractivity contribution in [3.63, 3.8) is 0 Å². The molecule has 0 aromatic heterocycles. The third-order valence-corrected chi connectivity index (χ3v) is 4.00. The maximum absolute atomic E-state index is 11.6. The molecule has 2 rings (SSSR count). The Morgan fingerprint density at radius 1 is 1.57 bits per heavy atom. The highest BCUT2D eigenvalue weighted by Crippen LogP contribution is 2.43. The van der Waals surface area contributed by atoms with Gasteiger partial charge in [0.1, 0.15) is 16.4 Å². The summed E-state index contributed by atoms with van der Waals surface area (Å²) in [7, 11) is 0. The van der Waals surface area contributed by atoms with Gasteiger partial charge in [0.05, 0.1) is 6.10 Å². The van der Waals surface area contributed by atoms with Crippen molar-refractivity contribution in [1.29, 1.82) is 0 Å². The largest absolute Gasteiger partial charge is 0.366 e. The van der Waals surface area contributed by atoms with E-state index >= 15 is 0 Å². The Morgan fingerprint density at radius 2 is 2.21 bits per heavy atom. The van der Waals surface area contributed by atoms with Crippen LogP contribution in [0.25, 0.3) is 0 Å². The van der Waals surface area contributed by atoms with Gasteiger partial charge in [-0.2, -0.15) is 0 Å². The first kappa shape index (κ1) is 12.5. The topological polar surface area (TPSA) is 52.3 Å². The molecule has 3 nitrogen and oxygen atoms in total. The number of hydrogen-bond donors (Lipinski definition) is 1. The lowest BCUT2D eigenvalue weighted by Gasteiger charge is -2.37. The summed E-state index contributed by atoms with van der Waals surface area (Å²) >= 11 is 11.8. The number of ketones is 1. The normalized spacial score (nSPS) is 46.2. The third kappa shape index (κ3) is 1.55. The zero-order valence-electron chi connectivity index (χ0n) is 7.41. The minimum absolute atomic E-state index is 0. The Morgan fingerprint density at radius 3 is 2.79 bits per heavy atom. The monoisotopic (exact) mass is 259 g/mol. The summed E-state index contributed by atoms with van der Waals surface area (Å²) in [5, 5.41) is -1.27. The van der Waals surface area contributed by atoms with E-state index in [1.54, 1.807) is 0 Å². The number of carbonyl (C=O) groups excluding carboxylic acids is 1. The van der Waals surface area contributed by atoms with Crippen LogP contribution in [0, 0.1) is 0 Å². The van der Waals surface area contributed by atoms with E-state index in [-0.39, 0.29) is 30.8 Å². The van der Waals surface area contributed by atoms with Crippen LogP contribution < -0.4 is 5.73 Å². The molecule has 0 spiro atoms. The smallest absolute Gasteiger partial charge is 0.174 e. The van der Waals surface area contributed by atoms with Crippen LogP contribution in [0.4, 0.5) is 0 Å². The summed E-state index contributed by atoms with van der Waals surface area (Å²) in [6, 6.07) is 0. The molecule has 14 heavy (non-hydrogen) atoms. The molecule has 0 radical (unpaired) electrons. The first-order valence-corrected chi connectivity index (χ1v) is 5.18. The van der Waals surface area contributed by atoms with Crippen LogP contribution in [-0.2, 0) is 9.53 Å². The zero-order chi connectivity index (χ0) is 9.64. The van der Waals surface area contributed by atoms with Gasteiger partial charge in [-0.25, -0.2) is 0 Å². The molecule has 2 heterocycles. The van der Waals surface area contributed by atoms with Crippen molar-refractivity contribution in [2.24, 2.45) is 5.73 Å². The molecule has 2 fully saturated rings. The van der Waals surface area contributed by atoms with E-state index < -0.39 is 16.4 Å². The molecule has 2 N–H and O–H groups in total. The maximum Gasteiger partial charge on any atom is 0.174 e. The van der Waals surface area contributed by atoms with Crippen LogP contribution in [0.15, 0.2) is 0 Å². The van der Waals surface area contributed by atoms with E-state index in [0.717, 1.165) is 12.8 Å². The van der Waals surface area contributed by atoms with Crippen molar-refractivity contribution in [2.45, 2.75) is 35.3 Å². The molecule has 0 aromatic rings. The van der Waals surface area contributed by atoms with Crippen molar-refractivity contribution in [3.8, 4) is 0 Å². The molecule has 0 amide bonds. The van der Waals surface area contributed by atoms with Gasteiger partial charge in [-0.05, 0) is 12.8 Å². The molecule has 0 aromatic carbocycles. The van der Waals surface area contributed by atoms with Gasteiger partial charge in [-0.3, -0.25) is 4.79 Å². The predicted octanol–water partition coefficient (Wildman–Crippen LogP) is 1.08. The summed E-state index contributed by atoms with van der Waals surface area (Å²) in [6.07, 6.45) is 1.32. The van der Waals surface area contributed by atoms with Gasteiger partial charge in [-0.1, -0.05) is 0 Å². The van der Waals surface area contributed by atoms with Crippen molar-refractivity contribution >= 4 is 41.4 Å². The van der Waals surface area contributed by atoms with Crippen LogP contribution >= 0.6 is 35.6 Å². The fourth-order valence-corrected chi connectivity index (χ4v) is 2.79. The Labute approximate surface area is 98.7 Å². The van der Waals surface area contributed by atoms with Crippen molar-refractivity contribution < 1.29 is 9.53 Å². The average molecular weight is 261 g/mol. The van der Waals surface area contributed by atoms with Gasteiger partial charge in [0, 0.05) is 6.54 Å². The minimum Gasteiger partial charge on any atom is -0.366 e. The van der Waals surface area contributed by atoms with Crippen molar-refractivity contribution in [3.05, 3.63) is 0 Å². The predicted molar refractivity (Wildman–Crippen MR) is 57.4 cm³/mol. The number of carbonyl (C=O) groups is 1. The van der Waals surface area contributed by atoms with E-state index in [9.17, 15) is 4.79 Å². The highest BCUT2D eigenvalue weighted by molar-refractivity contribution is 6.41. The minimum atomic E-state index is -0.682. The Kier molecular flexibility index (Phi) is 3.71. The summed E-state index contributed by atoms with van der Waals surface area (Å²) in [5.74, 6) is -0.137. The molecule has 82 valence electrons. The van der Waals surface area contributed by atoms with E-state index in [4.69, 9.17) is 33.7 Å². The number of halogens is 3. The van der Waals surface area contributed by atoms with E-state index in [1.807, 2.05) is 0 Å². The van der Waals surface area contributed by atoms with E-state index in [1.165, 1.54) is 0 Å². The zero-order valence-corrected chi connectivity index (χ0v) is 9.74. The Bertz CT molecular complexity index is 251. The molecule has 0 saturated carbocycles. The number of nitrogens with two attached hydrogens (primary N) is 1. The van der Waals surface area contributed by atoms with Crippen LogP contribution in [0.3, 0.4) is 0 Å². The molecular formula is C8H12Cl3NO2. The quantitative estimate of drug-likeness (QED) is 0.718. The SMILES string of the molecule is Cl.NCC12CC[C@H](O1)[C@@H](Cl)C(=O)[C@H]2Cl. The first-order valence-electron chi connectivity index (χ1n) is 4.30. The van der Waals surface area contributed by atoms with Gasteiger partial charge >= 0.3 is 0 Å².